The third-order valence-corrected chi connectivity index (χ3v) is 6.56. The lowest BCUT2D eigenvalue weighted by atomic mass is 10.0. The van der Waals surface area contributed by atoms with Crippen LogP contribution in [0.15, 0.2) is 96.2 Å². The number of carbonyl (C=O) groups excluding carboxylic acids is 1. The minimum atomic E-state index is -0.906. The molecule has 5 rings (SSSR count). The zero-order valence-corrected chi connectivity index (χ0v) is 22.3. The largest absolute Gasteiger partial charge is 0.384 e. The first-order valence-corrected chi connectivity index (χ1v) is 12.8. The molecule has 5 aromatic rings. The molecule has 1 amide bonds. The van der Waals surface area contributed by atoms with Gasteiger partial charge < -0.3 is 11.1 Å². The average molecular weight is 573 g/mol. The lowest BCUT2D eigenvalue weighted by Crippen LogP contribution is -2.34. The van der Waals surface area contributed by atoms with Crippen LogP contribution in [0.2, 0.25) is 10.2 Å². The van der Waals surface area contributed by atoms with Gasteiger partial charge in [0.15, 0.2) is 5.15 Å². The molecule has 0 bridgehead atoms. The van der Waals surface area contributed by atoms with Crippen molar-refractivity contribution in [3.63, 3.8) is 0 Å². The molecular weight excluding hydrogens is 551 g/mol. The van der Waals surface area contributed by atoms with Crippen LogP contribution in [0.4, 0.5) is 5.69 Å². The first-order chi connectivity index (χ1) is 19.3. The number of amides is 1. The summed E-state index contributed by atoms with van der Waals surface area (Å²) in [5.41, 5.74) is 8.43. The van der Waals surface area contributed by atoms with Gasteiger partial charge in [0.1, 0.15) is 11.9 Å². The molecule has 1 atom stereocenters. The highest BCUT2D eigenvalue weighted by Gasteiger charge is 2.23. The molecule has 40 heavy (non-hydrogen) atoms. The van der Waals surface area contributed by atoms with E-state index in [9.17, 15) is 9.59 Å². The molecule has 0 aliphatic heterocycles. The number of aromatic nitrogens is 5. The van der Waals surface area contributed by atoms with E-state index in [2.05, 4.69) is 20.6 Å². The molecule has 10 nitrogen and oxygen atoms in total. The van der Waals surface area contributed by atoms with E-state index >= 15 is 0 Å². The van der Waals surface area contributed by atoms with Crippen molar-refractivity contribution in [2.75, 3.05) is 5.32 Å². The van der Waals surface area contributed by atoms with E-state index < -0.39 is 17.5 Å². The van der Waals surface area contributed by atoms with E-state index in [1.807, 2.05) is 30.3 Å². The van der Waals surface area contributed by atoms with E-state index in [1.54, 1.807) is 42.5 Å². The highest BCUT2D eigenvalue weighted by molar-refractivity contribution is 6.31. The van der Waals surface area contributed by atoms with E-state index in [0.29, 0.717) is 33.2 Å². The van der Waals surface area contributed by atoms with Crippen LogP contribution in [0.25, 0.3) is 16.9 Å². The number of halogens is 2. The Kier molecular flexibility index (Phi) is 7.72. The molecule has 0 aliphatic rings. The van der Waals surface area contributed by atoms with Gasteiger partial charge in [-0.2, -0.15) is 0 Å². The van der Waals surface area contributed by atoms with E-state index in [1.165, 1.54) is 27.8 Å². The van der Waals surface area contributed by atoms with Crippen molar-refractivity contribution in [2.24, 2.45) is 5.73 Å². The summed E-state index contributed by atoms with van der Waals surface area (Å²) in [4.78, 5) is 31.5. The topological polar surface area (TPSA) is 145 Å². The predicted octanol–water partition coefficient (Wildman–Crippen LogP) is 4.50. The summed E-state index contributed by atoms with van der Waals surface area (Å²) in [5, 5.41) is 18.9. The number of rotatable bonds is 8. The van der Waals surface area contributed by atoms with E-state index in [0.717, 1.165) is 5.56 Å². The lowest BCUT2D eigenvalue weighted by Gasteiger charge is -2.20. The van der Waals surface area contributed by atoms with Crippen LogP contribution in [0.5, 0.6) is 0 Å². The molecule has 0 radical (unpaired) electrons. The molecule has 4 N–H and O–H groups in total. The average Bonchev–Trinajstić information content (AvgIpc) is 3.38. The maximum absolute atomic E-state index is 13.5. The normalized spacial score (nSPS) is 11.7. The van der Waals surface area contributed by atoms with Crippen molar-refractivity contribution < 1.29 is 4.79 Å². The summed E-state index contributed by atoms with van der Waals surface area (Å²) in [6.07, 6.45) is 3.13. The number of nitrogens with two attached hydrogens (primary N) is 1. The Morgan fingerprint density at radius 3 is 2.42 bits per heavy atom. The number of hydrogen-bond donors (Lipinski definition) is 3. The smallest absolute Gasteiger partial charge is 0.254 e. The van der Waals surface area contributed by atoms with Crippen LogP contribution >= 0.6 is 23.2 Å². The zero-order chi connectivity index (χ0) is 28.2. The molecule has 1 unspecified atom stereocenters. The Morgan fingerprint density at radius 2 is 1.77 bits per heavy atom. The molecule has 12 heteroatoms. The summed E-state index contributed by atoms with van der Waals surface area (Å²) < 4.78 is 2.76. The van der Waals surface area contributed by atoms with Gasteiger partial charge in [0, 0.05) is 34.3 Å². The van der Waals surface area contributed by atoms with Crippen LogP contribution in [0.3, 0.4) is 0 Å². The fourth-order valence-electron chi connectivity index (χ4n) is 4.18. The van der Waals surface area contributed by atoms with Gasteiger partial charge >= 0.3 is 0 Å². The predicted molar refractivity (Wildman–Crippen MR) is 154 cm³/mol. The summed E-state index contributed by atoms with van der Waals surface area (Å²) >= 11 is 12.2. The van der Waals surface area contributed by atoms with E-state index in [4.69, 9.17) is 34.3 Å². The number of hydrogen-bond acceptors (Lipinski definition) is 6. The van der Waals surface area contributed by atoms with Gasteiger partial charge in [-0.05, 0) is 48.0 Å². The third-order valence-electron chi connectivity index (χ3n) is 6.16. The Balaban J connectivity index is 1.51. The molecule has 2 aromatic heterocycles. The van der Waals surface area contributed by atoms with Gasteiger partial charge in [-0.15, -0.1) is 5.10 Å². The Morgan fingerprint density at radius 1 is 1.02 bits per heavy atom. The SMILES string of the molecule is N=C(N)c1ccc(NC(=O)C(Cc2ccccc2)n2cnc(-c3cc(Cl)ccc3-n3cc(Cl)nn3)cc2=O)cc1. The van der Waals surface area contributed by atoms with Crippen molar-refractivity contribution in [3.05, 3.63) is 123 Å². The number of nitrogen functional groups attached to an aromatic ring is 1. The highest BCUT2D eigenvalue weighted by atomic mass is 35.5. The molecule has 0 spiro atoms. The quantitative estimate of drug-likeness (QED) is 0.184. The summed E-state index contributed by atoms with van der Waals surface area (Å²) in [5.74, 6) is -0.482. The number of anilines is 1. The van der Waals surface area contributed by atoms with Crippen molar-refractivity contribution in [3.8, 4) is 16.9 Å². The molecule has 0 saturated heterocycles. The second kappa shape index (κ2) is 11.5. The van der Waals surface area contributed by atoms with Crippen LogP contribution < -0.4 is 16.6 Å². The second-order valence-corrected chi connectivity index (χ2v) is 9.68. The van der Waals surface area contributed by atoms with Gasteiger partial charge in [-0.1, -0.05) is 58.7 Å². The van der Waals surface area contributed by atoms with Gasteiger partial charge in [-0.3, -0.25) is 19.6 Å². The minimum Gasteiger partial charge on any atom is -0.384 e. The fraction of sp³-hybridized carbons (Fsp3) is 0.0714. The summed E-state index contributed by atoms with van der Waals surface area (Å²) in [7, 11) is 0. The third kappa shape index (κ3) is 5.93. The maximum Gasteiger partial charge on any atom is 0.254 e. The molecule has 0 saturated carbocycles. The standard InChI is InChI=1S/C28H22Cl2N8O2/c29-19-8-11-23(38-15-25(30)35-36-38)21(13-19)22-14-26(39)37(16-33-22)24(12-17-4-2-1-3-5-17)28(40)34-20-9-6-18(7-10-20)27(31)32/h1-11,13-16,24H,12H2,(H3,31,32)(H,34,40). The molecule has 0 fully saturated rings. The van der Waals surface area contributed by atoms with Crippen LogP contribution in [0, 0.1) is 5.41 Å². The van der Waals surface area contributed by atoms with E-state index in [-0.39, 0.29) is 17.4 Å². The molecule has 2 heterocycles. The first kappa shape index (κ1) is 26.8. The number of benzene rings is 3. The number of carbonyl (C=O) groups is 1. The van der Waals surface area contributed by atoms with Crippen LogP contribution in [0.1, 0.15) is 17.2 Å². The Bertz CT molecular complexity index is 1750. The first-order valence-electron chi connectivity index (χ1n) is 12.0. The van der Waals surface area contributed by atoms with Crippen molar-refractivity contribution in [1.29, 1.82) is 5.41 Å². The summed E-state index contributed by atoms with van der Waals surface area (Å²) in [6.45, 7) is 0. The fourth-order valence-corrected chi connectivity index (χ4v) is 4.48. The number of nitrogens with one attached hydrogen (secondary N) is 2. The van der Waals surface area contributed by atoms with Crippen LogP contribution in [-0.2, 0) is 11.2 Å². The van der Waals surface area contributed by atoms with Gasteiger partial charge in [0.2, 0.25) is 5.91 Å². The molecular formula is C28H22Cl2N8O2. The van der Waals surface area contributed by atoms with Gasteiger partial charge in [0.25, 0.3) is 5.56 Å². The molecule has 3 aromatic carbocycles. The number of amidine groups is 1. The van der Waals surface area contributed by atoms with Crippen LogP contribution in [-0.4, -0.2) is 36.3 Å². The van der Waals surface area contributed by atoms with Crippen molar-refractivity contribution in [1.82, 2.24) is 24.5 Å². The molecule has 200 valence electrons. The lowest BCUT2D eigenvalue weighted by molar-refractivity contribution is -0.119. The van der Waals surface area contributed by atoms with Gasteiger partial charge in [-0.25, -0.2) is 9.67 Å². The van der Waals surface area contributed by atoms with Gasteiger partial charge in [0.05, 0.1) is 23.9 Å². The van der Waals surface area contributed by atoms with Crippen molar-refractivity contribution >= 4 is 40.6 Å². The highest BCUT2D eigenvalue weighted by Crippen LogP contribution is 2.28. The zero-order valence-electron chi connectivity index (χ0n) is 20.8. The Hall–Kier alpha value is -4.80. The maximum atomic E-state index is 13.5. The summed E-state index contributed by atoms with van der Waals surface area (Å²) in [6, 6.07) is 21.5. The minimum absolute atomic E-state index is 0.0766. The molecule has 0 aliphatic carbocycles. The van der Waals surface area contributed by atoms with Crippen molar-refractivity contribution in [2.45, 2.75) is 12.5 Å². The second-order valence-electron chi connectivity index (χ2n) is 8.85. The Labute approximate surface area is 238 Å². The number of nitrogens with zero attached hydrogens (tertiary/aromatic N) is 5. The monoisotopic (exact) mass is 572 g/mol.